The Labute approximate surface area is 136 Å². The van der Waals surface area contributed by atoms with E-state index in [0.29, 0.717) is 12.2 Å². The maximum atomic E-state index is 11.9. The fourth-order valence-electron chi connectivity index (χ4n) is 2.33. The van der Waals surface area contributed by atoms with Crippen LogP contribution in [0.5, 0.6) is 0 Å². The van der Waals surface area contributed by atoms with Crippen molar-refractivity contribution in [2.75, 3.05) is 12.0 Å². The lowest BCUT2D eigenvalue weighted by Crippen LogP contribution is -2.28. The van der Waals surface area contributed by atoms with E-state index < -0.39 is 0 Å². The minimum absolute atomic E-state index is 0.0843. The van der Waals surface area contributed by atoms with Crippen molar-refractivity contribution in [1.82, 2.24) is 5.32 Å². The number of rotatable bonds is 5. The topological polar surface area (TPSA) is 41.1 Å². The lowest BCUT2D eigenvalue weighted by atomic mass is 10.1. The van der Waals surface area contributed by atoms with Crippen LogP contribution < -0.4 is 10.6 Å². The molecule has 0 fully saturated rings. The van der Waals surface area contributed by atoms with Crippen LogP contribution in [0.25, 0.3) is 11.1 Å². The van der Waals surface area contributed by atoms with Crippen molar-refractivity contribution in [2.45, 2.75) is 0 Å². The number of anilines is 1. The molecule has 3 rings (SSSR count). The number of hydrogen-bond acceptors (Lipinski definition) is 2. The highest BCUT2D eigenvalue weighted by molar-refractivity contribution is 5.94. The summed E-state index contributed by atoms with van der Waals surface area (Å²) in [4.78, 5) is 11.9. The van der Waals surface area contributed by atoms with Gasteiger partial charge in [0.15, 0.2) is 0 Å². The largest absolute Gasteiger partial charge is 0.368 e. The predicted molar refractivity (Wildman–Crippen MR) is 94.3 cm³/mol. The van der Waals surface area contributed by atoms with Crippen LogP contribution in [0.3, 0.4) is 0 Å². The Kier molecular flexibility index (Phi) is 4.69. The molecule has 0 spiro atoms. The average Bonchev–Trinajstić information content (AvgIpc) is 2.64. The minimum Gasteiger partial charge on any atom is -0.368 e. The van der Waals surface area contributed by atoms with Crippen LogP contribution in [0.4, 0.5) is 5.69 Å². The molecule has 3 aromatic carbocycles. The Morgan fingerprint density at radius 3 is 1.91 bits per heavy atom. The molecule has 0 bridgehead atoms. The summed E-state index contributed by atoms with van der Waals surface area (Å²) in [5.74, 6) is -0.0843. The number of hydrogen-bond donors (Lipinski definition) is 2. The second-order valence-electron chi connectivity index (χ2n) is 5.17. The van der Waals surface area contributed by atoms with Crippen LogP contribution in [0.2, 0.25) is 0 Å². The number of carbonyl (C=O) groups is 1. The summed E-state index contributed by atoms with van der Waals surface area (Å²) in [7, 11) is 0. The zero-order valence-corrected chi connectivity index (χ0v) is 12.7. The van der Waals surface area contributed by atoms with Gasteiger partial charge in [-0.2, -0.15) is 0 Å². The van der Waals surface area contributed by atoms with Gasteiger partial charge in [-0.05, 0) is 35.4 Å². The lowest BCUT2D eigenvalue weighted by molar-refractivity contribution is 0.0956. The SMILES string of the molecule is O=C(NCNc1ccc(-c2ccccc2)cc1)c1ccccc1. The zero-order chi connectivity index (χ0) is 15.9. The number of amides is 1. The van der Waals surface area contributed by atoms with Gasteiger partial charge in [-0.1, -0.05) is 60.7 Å². The highest BCUT2D eigenvalue weighted by Crippen LogP contribution is 2.20. The van der Waals surface area contributed by atoms with E-state index in [2.05, 4.69) is 34.9 Å². The van der Waals surface area contributed by atoms with Crippen molar-refractivity contribution in [3.63, 3.8) is 0 Å². The van der Waals surface area contributed by atoms with Crippen LogP contribution in [0, 0.1) is 0 Å². The van der Waals surface area contributed by atoms with Crippen molar-refractivity contribution in [1.29, 1.82) is 0 Å². The van der Waals surface area contributed by atoms with Crippen molar-refractivity contribution in [3.8, 4) is 11.1 Å². The number of carbonyl (C=O) groups excluding carboxylic acids is 1. The van der Waals surface area contributed by atoms with Crippen molar-refractivity contribution in [3.05, 3.63) is 90.5 Å². The Bertz CT molecular complexity index is 753. The van der Waals surface area contributed by atoms with Gasteiger partial charge in [-0.3, -0.25) is 4.79 Å². The van der Waals surface area contributed by atoms with E-state index in [-0.39, 0.29) is 5.91 Å². The van der Waals surface area contributed by atoms with Crippen molar-refractivity contribution >= 4 is 11.6 Å². The maximum absolute atomic E-state index is 11.9. The van der Waals surface area contributed by atoms with Crippen LogP contribution in [-0.4, -0.2) is 12.6 Å². The first-order valence-electron chi connectivity index (χ1n) is 7.55. The van der Waals surface area contributed by atoms with Gasteiger partial charge >= 0.3 is 0 Å². The normalized spacial score (nSPS) is 10.1. The second kappa shape index (κ2) is 7.27. The first kappa shape index (κ1) is 14.9. The van der Waals surface area contributed by atoms with E-state index in [4.69, 9.17) is 0 Å². The van der Waals surface area contributed by atoms with Gasteiger partial charge in [0.05, 0.1) is 6.67 Å². The molecule has 2 N–H and O–H groups in total. The molecule has 0 aliphatic carbocycles. The Balaban J connectivity index is 1.54. The smallest absolute Gasteiger partial charge is 0.252 e. The molecule has 0 unspecified atom stereocenters. The predicted octanol–water partition coefficient (Wildman–Crippen LogP) is 4.15. The molecule has 0 aromatic heterocycles. The molecule has 1 amide bonds. The number of nitrogens with one attached hydrogen (secondary N) is 2. The summed E-state index contributed by atoms with van der Waals surface area (Å²) >= 11 is 0. The monoisotopic (exact) mass is 302 g/mol. The van der Waals surface area contributed by atoms with Crippen LogP contribution in [-0.2, 0) is 0 Å². The molecule has 0 aliphatic heterocycles. The molecule has 0 saturated carbocycles. The molecular weight excluding hydrogens is 284 g/mol. The highest BCUT2D eigenvalue weighted by Gasteiger charge is 2.03. The van der Waals surface area contributed by atoms with Gasteiger partial charge in [0.1, 0.15) is 0 Å². The van der Waals surface area contributed by atoms with Gasteiger partial charge < -0.3 is 10.6 Å². The summed E-state index contributed by atoms with van der Waals surface area (Å²) in [5.41, 5.74) is 3.99. The van der Waals surface area contributed by atoms with Gasteiger partial charge in [-0.15, -0.1) is 0 Å². The molecule has 3 nitrogen and oxygen atoms in total. The summed E-state index contributed by atoms with van der Waals surface area (Å²) in [6, 6.07) is 27.6. The molecule has 3 heteroatoms. The van der Waals surface area contributed by atoms with E-state index in [1.54, 1.807) is 12.1 Å². The quantitative estimate of drug-likeness (QED) is 0.695. The van der Waals surface area contributed by atoms with E-state index in [1.165, 1.54) is 11.1 Å². The molecule has 114 valence electrons. The van der Waals surface area contributed by atoms with Gasteiger partial charge in [0, 0.05) is 11.3 Å². The third-order valence-corrected chi connectivity index (χ3v) is 3.57. The molecule has 23 heavy (non-hydrogen) atoms. The van der Waals surface area contributed by atoms with E-state index in [1.807, 2.05) is 48.5 Å². The summed E-state index contributed by atoms with van der Waals surface area (Å²) in [5, 5.41) is 6.04. The fraction of sp³-hybridized carbons (Fsp3) is 0.0500. The highest BCUT2D eigenvalue weighted by atomic mass is 16.1. The number of benzene rings is 3. The van der Waals surface area contributed by atoms with Crippen molar-refractivity contribution in [2.24, 2.45) is 0 Å². The molecule has 3 aromatic rings. The summed E-state index contributed by atoms with van der Waals surface area (Å²) in [6.07, 6.45) is 0. The molecule has 0 saturated heterocycles. The van der Waals surface area contributed by atoms with Crippen LogP contribution >= 0.6 is 0 Å². The first-order chi connectivity index (χ1) is 11.3. The van der Waals surface area contributed by atoms with Crippen LogP contribution in [0.15, 0.2) is 84.9 Å². The van der Waals surface area contributed by atoms with Gasteiger partial charge in [0.2, 0.25) is 0 Å². The third-order valence-electron chi connectivity index (χ3n) is 3.57. The first-order valence-corrected chi connectivity index (χ1v) is 7.55. The zero-order valence-electron chi connectivity index (χ0n) is 12.7. The third kappa shape index (κ3) is 3.98. The standard InChI is InChI=1S/C20H18N2O/c23-20(18-9-5-2-6-10-18)22-15-21-19-13-11-17(12-14-19)16-7-3-1-4-8-16/h1-14,21H,15H2,(H,22,23). The Hall–Kier alpha value is -3.07. The average molecular weight is 302 g/mol. The van der Waals surface area contributed by atoms with E-state index >= 15 is 0 Å². The molecule has 0 radical (unpaired) electrons. The van der Waals surface area contributed by atoms with Gasteiger partial charge in [0.25, 0.3) is 5.91 Å². The summed E-state index contributed by atoms with van der Waals surface area (Å²) in [6.45, 7) is 0.387. The maximum Gasteiger partial charge on any atom is 0.252 e. The van der Waals surface area contributed by atoms with Gasteiger partial charge in [-0.25, -0.2) is 0 Å². The molecular formula is C20H18N2O. The van der Waals surface area contributed by atoms with Crippen molar-refractivity contribution < 1.29 is 4.79 Å². The lowest BCUT2D eigenvalue weighted by Gasteiger charge is -2.09. The fourth-order valence-corrected chi connectivity index (χ4v) is 2.33. The van der Waals surface area contributed by atoms with E-state index in [9.17, 15) is 4.79 Å². The van der Waals surface area contributed by atoms with E-state index in [0.717, 1.165) is 5.69 Å². The Morgan fingerprint density at radius 1 is 0.696 bits per heavy atom. The molecule has 0 aliphatic rings. The van der Waals surface area contributed by atoms with Crippen LogP contribution in [0.1, 0.15) is 10.4 Å². The summed E-state index contributed by atoms with van der Waals surface area (Å²) < 4.78 is 0. The Morgan fingerprint density at radius 2 is 1.26 bits per heavy atom. The second-order valence-corrected chi connectivity index (χ2v) is 5.17. The molecule has 0 heterocycles. The molecule has 0 atom stereocenters. The minimum atomic E-state index is -0.0843.